The molecule has 0 spiro atoms. The fraction of sp³-hybridized carbons (Fsp3) is 0.304. The molecule has 4 rings (SSSR count). The molecule has 1 N–H and O–H groups in total. The first kappa shape index (κ1) is 20.8. The van der Waals surface area contributed by atoms with Crippen molar-refractivity contribution in [1.29, 1.82) is 0 Å². The number of rotatable bonds is 5. The lowest BCUT2D eigenvalue weighted by Gasteiger charge is -2.31. The molecule has 5 nitrogen and oxygen atoms in total. The summed E-state index contributed by atoms with van der Waals surface area (Å²) in [5.74, 6) is -0.571. The van der Waals surface area contributed by atoms with Crippen molar-refractivity contribution in [2.75, 3.05) is 19.7 Å². The van der Waals surface area contributed by atoms with Gasteiger partial charge in [-0.3, -0.25) is 9.59 Å². The smallest absolute Gasteiger partial charge is 0.310 e. The van der Waals surface area contributed by atoms with Gasteiger partial charge in [0.05, 0.1) is 17.4 Å². The number of ether oxygens (including phenoxy) is 1. The van der Waals surface area contributed by atoms with E-state index >= 15 is 0 Å². The number of benzene rings is 2. The molecule has 0 bridgehead atoms. The second kappa shape index (κ2) is 9.14. The zero-order valence-electron chi connectivity index (χ0n) is 16.7. The van der Waals surface area contributed by atoms with Gasteiger partial charge in [-0.05, 0) is 50.1 Å². The average Bonchev–Trinajstić information content (AvgIpc) is 3.13. The van der Waals surface area contributed by atoms with E-state index in [1.807, 2.05) is 48.5 Å². The Morgan fingerprint density at radius 2 is 1.97 bits per heavy atom. The molecule has 1 amide bonds. The summed E-state index contributed by atoms with van der Waals surface area (Å²) in [7, 11) is 0. The van der Waals surface area contributed by atoms with E-state index in [0.29, 0.717) is 30.4 Å². The number of nitrogens with zero attached hydrogens (tertiary/aromatic N) is 1. The van der Waals surface area contributed by atoms with Crippen LogP contribution in [0.4, 0.5) is 0 Å². The lowest BCUT2D eigenvalue weighted by molar-refractivity contribution is -0.149. The third kappa shape index (κ3) is 4.35. The number of likely N-dealkylation sites (tertiary alicyclic amines) is 1. The minimum atomic E-state index is -0.264. The van der Waals surface area contributed by atoms with Crippen molar-refractivity contribution in [3.05, 3.63) is 59.2 Å². The zero-order chi connectivity index (χ0) is 21.1. The summed E-state index contributed by atoms with van der Waals surface area (Å²) in [6.07, 6.45) is 1.54. The van der Waals surface area contributed by atoms with Gasteiger partial charge in [0.2, 0.25) is 0 Å². The molecule has 0 saturated carbocycles. The normalized spacial score (nSPS) is 16.6. The number of hydrogen-bond donors (Lipinski definition) is 1. The number of halogens is 1. The summed E-state index contributed by atoms with van der Waals surface area (Å²) in [6.45, 7) is 3.18. The topological polar surface area (TPSA) is 62.4 Å². The molecule has 1 fully saturated rings. The molecule has 1 aliphatic rings. The van der Waals surface area contributed by atoms with Gasteiger partial charge in [0, 0.05) is 33.9 Å². The second-order valence-corrected chi connectivity index (χ2v) is 8.79. The Bertz CT molecular complexity index is 1060. The van der Waals surface area contributed by atoms with Gasteiger partial charge in [-0.25, -0.2) is 0 Å². The summed E-state index contributed by atoms with van der Waals surface area (Å²) in [5.41, 5.74) is 1.47. The molecule has 156 valence electrons. The number of piperidine rings is 1. The lowest BCUT2D eigenvalue weighted by atomic mass is 9.98. The first-order valence-electron chi connectivity index (χ1n) is 10.1. The van der Waals surface area contributed by atoms with Gasteiger partial charge in [0.15, 0.2) is 0 Å². The largest absolute Gasteiger partial charge is 0.466 e. The van der Waals surface area contributed by atoms with E-state index < -0.39 is 0 Å². The summed E-state index contributed by atoms with van der Waals surface area (Å²) < 4.78 is 5.18. The maximum Gasteiger partial charge on any atom is 0.310 e. The van der Waals surface area contributed by atoms with Gasteiger partial charge in [0.25, 0.3) is 5.91 Å². The standard InChI is InChI=1S/C23H23ClN2O3S/c1-2-29-23(28)15-6-5-13-26(14-15)22(27)20-21(18-7-3-4-8-19(18)25-20)30-17-11-9-16(24)10-12-17/h3-4,7-12,15,25H,2,5-6,13-14H2,1H3/t15-/m1/s1. The van der Waals surface area contributed by atoms with Crippen molar-refractivity contribution in [1.82, 2.24) is 9.88 Å². The predicted molar refractivity (Wildman–Crippen MR) is 119 cm³/mol. The Hall–Kier alpha value is -2.44. The zero-order valence-corrected chi connectivity index (χ0v) is 18.3. The maximum absolute atomic E-state index is 13.5. The van der Waals surface area contributed by atoms with Crippen molar-refractivity contribution >= 4 is 46.1 Å². The number of para-hydroxylation sites is 1. The van der Waals surface area contributed by atoms with E-state index in [-0.39, 0.29) is 17.8 Å². The predicted octanol–water partition coefficient (Wildman–Crippen LogP) is 5.39. The highest BCUT2D eigenvalue weighted by atomic mass is 35.5. The number of carbonyl (C=O) groups is 2. The number of aromatic nitrogens is 1. The number of nitrogens with one attached hydrogen (secondary N) is 1. The number of hydrogen-bond acceptors (Lipinski definition) is 4. The molecule has 1 atom stereocenters. The second-order valence-electron chi connectivity index (χ2n) is 7.27. The van der Waals surface area contributed by atoms with Gasteiger partial charge in [0.1, 0.15) is 5.69 Å². The Morgan fingerprint density at radius 1 is 1.20 bits per heavy atom. The number of amides is 1. The molecule has 0 aliphatic carbocycles. The summed E-state index contributed by atoms with van der Waals surface area (Å²) in [4.78, 5) is 32.6. The molecule has 0 unspecified atom stereocenters. The summed E-state index contributed by atoms with van der Waals surface area (Å²) >= 11 is 7.56. The summed E-state index contributed by atoms with van der Waals surface area (Å²) in [6, 6.07) is 15.5. The minimum Gasteiger partial charge on any atom is -0.466 e. The van der Waals surface area contributed by atoms with Crippen LogP contribution < -0.4 is 0 Å². The Labute approximate surface area is 184 Å². The SMILES string of the molecule is CCOC(=O)[C@@H]1CCCN(C(=O)c2[nH]c3ccccc3c2Sc2ccc(Cl)cc2)C1. The van der Waals surface area contributed by atoms with Crippen molar-refractivity contribution in [3.63, 3.8) is 0 Å². The maximum atomic E-state index is 13.5. The molecule has 3 aromatic rings. The van der Waals surface area contributed by atoms with Gasteiger partial charge < -0.3 is 14.6 Å². The monoisotopic (exact) mass is 442 g/mol. The van der Waals surface area contributed by atoms with Crippen LogP contribution >= 0.6 is 23.4 Å². The minimum absolute atomic E-state index is 0.0864. The van der Waals surface area contributed by atoms with Crippen LogP contribution in [0.15, 0.2) is 58.3 Å². The number of carbonyl (C=O) groups excluding carboxylic acids is 2. The molecule has 0 radical (unpaired) electrons. The first-order valence-corrected chi connectivity index (χ1v) is 11.3. The van der Waals surface area contributed by atoms with Crippen LogP contribution in [0.1, 0.15) is 30.3 Å². The van der Waals surface area contributed by atoms with Crippen molar-refractivity contribution in [2.45, 2.75) is 29.6 Å². The molecular weight excluding hydrogens is 420 g/mol. The van der Waals surface area contributed by atoms with Crippen molar-refractivity contribution in [2.24, 2.45) is 5.92 Å². The molecule has 1 saturated heterocycles. The van der Waals surface area contributed by atoms with Gasteiger partial charge in [-0.15, -0.1) is 0 Å². The van der Waals surface area contributed by atoms with Gasteiger partial charge >= 0.3 is 5.97 Å². The van der Waals surface area contributed by atoms with Crippen LogP contribution in [0, 0.1) is 5.92 Å². The van der Waals surface area contributed by atoms with Crippen molar-refractivity contribution < 1.29 is 14.3 Å². The highest BCUT2D eigenvalue weighted by Crippen LogP contribution is 2.38. The fourth-order valence-corrected chi connectivity index (χ4v) is 4.93. The molecule has 1 aromatic heterocycles. The molecule has 1 aliphatic heterocycles. The Kier molecular flexibility index (Phi) is 6.35. The van der Waals surface area contributed by atoms with E-state index in [9.17, 15) is 9.59 Å². The third-order valence-corrected chi connectivity index (χ3v) is 6.62. The highest BCUT2D eigenvalue weighted by molar-refractivity contribution is 7.99. The van der Waals surface area contributed by atoms with Crippen LogP contribution in [0.3, 0.4) is 0 Å². The quantitative estimate of drug-likeness (QED) is 0.538. The Morgan fingerprint density at radius 3 is 2.73 bits per heavy atom. The number of aromatic amines is 1. The molecular formula is C23H23ClN2O3S. The van der Waals surface area contributed by atoms with E-state index in [2.05, 4.69) is 4.98 Å². The molecule has 30 heavy (non-hydrogen) atoms. The fourth-order valence-electron chi connectivity index (χ4n) is 3.77. The van der Waals surface area contributed by atoms with Crippen LogP contribution in [-0.4, -0.2) is 41.5 Å². The van der Waals surface area contributed by atoms with Gasteiger partial charge in [-0.1, -0.05) is 41.6 Å². The van der Waals surface area contributed by atoms with Crippen LogP contribution in [0.5, 0.6) is 0 Å². The third-order valence-electron chi connectivity index (χ3n) is 5.23. The van der Waals surface area contributed by atoms with E-state index in [4.69, 9.17) is 16.3 Å². The summed E-state index contributed by atoms with van der Waals surface area (Å²) in [5, 5.41) is 1.67. The Balaban J connectivity index is 1.65. The highest BCUT2D eigenvalue weighted by Gasteiger charge is 2.31. The van der Waals surface area contributed by atoms with Gasteiger partial charge in [-0.2, -0.15) is 0 Å². The number of fused-ring (bicyclic) bond motifs is 1. The average molecular weight is 443 g/mol. The van der Waals surface area contributed by atoms with Crippen LogP contribution in [-0.2, 0) is 9.53 Å². The molecule has 7 heteroatoms. The number of esters is 1. The molecule has 2 heterocycles. The van der Waals surface area contributed by atoms with Crippen LogP contribution in [0.2, 0.25) is 5.02 Å². The first-order chi connectivity index (χ1) is 14.6. The van der Waals surface area contributed by atoms with E-state index in [1.54, 1.807) is 11.8 Å². The lowest BCUT2D eigenvalue weighted by Crippen LogP contribution is -2.43. The van der Waals surface area contributed by atoms with E-state index in [0.717, 1.165) is 33.5 Å². The number of H-pyrrole nitrogens is 1. The van der Waals surface area contributed by atoms with Crippen molar-refractivity contribution in [3.8, 4) is 0 Å². The van der Waals surface area contributed by atoms with Crippen LogP contribution in [0.25, 0.3) is 10.9 Å². The van der Waals surface area contributed by atoms with E-state index in [1.165, 1.54) is 11.8 Å². The molecule has 2 aromatic carbocycles.